The number of aromatic nitrogens is 2. The monoisotopic (exact) mass is 279 g/mol. The summed E-state index contributed by atoms with van der Waals surface area (Å²) in [4.78, 5) is 20.0. The predicted octanol–water partition coefficient (Wildman–Crippen LogP) is 1.87. The molecule has 0 aliphatic rings. The average molecular weight is 279 g/mol. The molecule has 0 saturated carbocycles. The van der Waals surface area contributed by atoms with Crippen LogP contribution in [0.5, 0.6) is 0 Å². The van der Waals surface area contributed by atoms with Crippen molar-refractivity contribution in [2.75, 3.05) is 30.3 Å². The molecule has 1 aromatic heterocycles. The molecule has 0 fully saturated rings. The van der Waals surface area contributed by atoms with Gasteiger partial charge in [0.2, 0.25) is 5.91 Å². The molecule has 0 aromatic carbocycles. The summed E-state index contributed by atoms with van der Waals surface area (Å²) in [5, 5.41) is 9.16. The summed E-state index contributed by atoms with van der Waals surface area (Å²) >= 11 is 0. The van der Waals surface area contributed by atoms with Gasteiger partial charge in [0.25, 0.3) is 0 Å². The molecule has 0 aliphatic heterocycles. The molecule has 0 radical (unpaired) electrons. The molecule has 6 heteroatoms. The average Bonchev–Trinajstić information content (AvgIpc) is 2.43. The lowest BCUT2D eigenvalue weighted by atomic mass is 10.2. The first-order valence-electron chi connectivity index (χ1n) is 7.18. The van der Waals surface area contributed by atoms with E-state index >= 15 is 0 Å². The van der Waals surface area contributed by atoms with Gasteiger partial charge in [-0.1, -0.05) is 20.8 Å². The third-order valence-corrected chi connectivity index (χ3v) is 2.56. The van der Waals surface area contributed by atoms with E-state index < -0.39 is 0 Å². The molecule has 112 valence electrons. The quantitative estimate of drug-likeness (QED) is 0.643. The Balaban J connectivity index is 2.29. The van der Waals surface area contributed by atoms with E-state index in [0.717, 1.165) is 25.3 Å². The maximum atomic E-state index is 11.5. The molecule has 0 atom stereocenters. The van der Waals surface area contributed by atoms with Gasteiger partial charge in [0, 0.05) is 26.1 Å². The summed E-state index contributed by atoms with van der Waals surface area (Å²) < 4.78 is 0. The number of anilines is 2. The zero-order chi connectivity index (χ0) is 14.8. The van der Waals surface area contributed by atoms with E-state index in [-0.39, 0.29) is 5.91 Å². The van der Waals surface area contributed by atoms with Crippen LogP contribution in [-0.4, -0.2) is 35.5 Å². The minimum atomic E-state index is 0.0550. The molecule has 1 amide bonds. The number of hydrogen-bond acceptors (Lipinski definition) is 5. The molecule has 0 bridgehead atoms. The van der Waals surface area contributed by atoms with E-state index in [9.17, 15) is 4.79 Å². The van der Waals surface area contributed by atoms with Crippen LogP contribution < -0.4 is 16.0 Å². The smallest absolute Gasteiger partial charge is 0.221 e. The fourth-order valence-electron chi connectivity index (χ4n) is 1.50. The Kier molecular flexibility index (Phi) is 7.39. The minimum Gasteiger partial charge on any atom is -0.369 e. The van der Waals surface area contributed by atoms with Crippen molar-refractivity contribution in [3.63, 3.8) is 0 Å². The molecule has 20 heavy (non-hydrogen) atoms. The van der Waals surface area contributed by atoms with Crippen LogP contribution in [0.4, 0.5) is 11.6 Å². The molecule has 1 aromatic rings. The zero-order valence-electron chi connectivity index (χ0n) is 12.6. The SMILES string of the molecule is CCCNc1cncc(NCCC(=O)NCC(C)C)n1. The summed E-state index contributed by atoms with van der Waals surface area (Å²) in [5.41, 5.74) is 0. The van der Waals surface area contributed by atoms with Gasteiger partial charge in [-0.15, -0.1) is 0 Å². The third kappa shape index (κ3) is 6.92. The van der Waals surface area contributed by atoms with Gasteiger partial charge in [0.05, 0.1) is 12.4 Å². The van der Waals surface area contributed by atoms with Crippen LogP contribution in [0.25, 0.3) is 0 Å². The first-order valence-corrected chi connectivity index (χ1v) is 7.18. The molecule has 1 rings (SSSR count). The van der Waals surface area contributed by atoms with Crippen LogP contribution in [0.2, 0.25) is 0 Å². The van der Waals surface area contributed by atoms with E-state index in [1.54, 1.807) is 12.4 Å². The van der Waals surface area contributed by atoms with Crippen LogP contribution >= 0.6 is 0 Å². The topological polar surface area (TPSA) is 78.9 Å². The maximum absolute atomic E-state index is 11.5. The number of rotatable bonds is 9. The van der Waals surface area contributed by atoms with E-state index in [2.05, 4.69) is 46.7 Å². The van der Waals surface area contributed by atoms with E-state index in [1.807, 2.05) is 0 Å². The normalized spacial score (nSPS) is 10.4. The predicted molar refractivity (Wildman–Crippen MR) is 81.8 cm³/mol. The summed E-state index contributed by atoms with van der Waals surface area (Å²) in [5.74, 6) is 1.96. The standard InChI is InChI=1S/C14H25N5O/c1-4-6-16-12-9-15-10-13(19-12)17-7-5-14(20)18-8-11(2)3/h9-11H,4-8H2,1-3H3,(H,18,20)(H2,16,17,19). The number of amides is 1. The van der Waals surface area contributed by atoms with Crippen molar-refractivity contribution in [1.29, 1.82) is 0 Å². The number of nitrogens with one attached hydrogen (secondary N) is 3. The second-order valence-electron chi connectivity index (χ2n) is 5.09. The van der Waals surface area contributed by atoms with Crippen LogP contribution in [0, 0.1) is 5.92 Å². The number of hydrogen-bond donors (Lipinski definition) is 3. The summed E-state index contributed by atoms with van der Waals surface area (Å²) in [7, 11) is 0. The lowest BCUT2D eigenvalue weighted by Crippen LogP contribution is -2.28. The first kappa shape index (κ1) is 16.2. The molecule has 6 nitrogen and oxygen atoms in total. The van der Waals surface area contributed by atoms with Gasteiger partial charge in [0.15, 0.2) is 0 Å². The van der Waals surface area contributed by atoms with Crippen LogP contribution in [0.15, 0.2) is 12.4 Å². The van der Waals surface area contributed by atoms with Crippen LogP contribution in [-0.2, 0) is 4.79 Å². The van der Waals surface area contributed by atoms with Gasteiger partial charge in [-0.2, -0.15) is 0 Å². The van der Waals surface area contributed by atoms with Crippen LogP contribution in [0.1, 0.15) is 33.6 Å². The van der Waals surface area contributed by atoms with Crippen LogP contribution in [0.3, 0.4) is 0 Å². The highest BCUT2D eigenvalue weighted by Gasteiger charge is 2.03. The van der Waals surface area contributed by atoms with Crippen molar-refractivity contribution in [2.24, 2.45) is 5.92 Å². The van der Waals surface area contributed by atoms with Gasteiger partial charge < -0.3 is 16.0 Å². The van der Waals surface area contributed by atoms with Crippen molar-refractivity contribution >= 4 is 17.5 Å². The summed E-state index contributed by atoms with van der Waals surface area (Å²) in [6.07, 6.45) is 4.82. The van der Waals surface area contributed by atoms with Crippen molar-refractivity contribution in [3.05, 3.63) is 12.4 Å². The summed E-state index contributed by atoms with van der Waals surface area (Å²) in [6, 6.07) is 0. The highest BCUT2D eigenvalue weighted by atomic mass is 16.1. The van der Waals surface area contributed by atoms with Crippen molar-refractivity contribution in [3.8, 4) is 0 Å². The Hall–Kier alpha value is -1.85. The van der Waals surface area contributed by atoms with E-state index in [0.29, 0.717) is 24.7 Å². The molecule has 1 heterocycles. The minimum absolute atomic E-state index is 0.0550. The summed E-state index contributed by atoms with van der Waals surface area (Å²) in [6.45, 7) is 8.38. The number of nitrogens with zero attached hydrogens (tertiary/aromatic N) is 2. The first-order chi connectivity index (χ1) is 9.61. The molecule has 0 aliphatic carbocycles. The fraction of sp³-hybridized carbons (Fsp3) is 0.643. The highest BCUT2D eigenvalue weighted by molar-refractivity contribution is 5.76. The molecular weight excluding hydrogens is 254 g/mol. The Bertz CT molecular complexity index is 408. The number of carbonyl (C=O) groups is 1. The highest BCUT2D eigenvalue weighted by Crippen LogP contribution is 2.06. The van der Waals surface area contributed by atoms with Crippen molar-refractivity contribution in [2.45, 2.75) is 33.6 Å². The largest absolute Gasteiger partial charge is 0.369 e. The van der Waals surface area contributed by atoms with Crippen molar-refractivity contribution < 1.29 is 4.79 Å². The maximum Gasteiger partial charge on any atom is 0.221 e. The third-order valence-electron chi connectivity index (χ3n) is 2.56. The van der Waals surface area contributed by atoms with Gasteiger partial charge >= 0.3 is 0 Å². The lowest BCUT2D eigenvalue weighted by Gasteiger charge is -2.09. The van der Waals surface area contributed by atoms with Gasteiger partial charge in [-0.3, -0.25) is 9.78 Å². The molecule has 3 N–H and O–H groups in total. The second-order valence-corrected chi connectivity index (χ2v) is 5.09. The van der Waals surface area contributed by atoms with Gasteiger partial charge in [0.1, 0.15) is 11.6 Å². The Labute approximate surface area is 120 Å². The fourth-order valence-corrected chi connectivity index (χ4v) is 1.50. The van der Waals surface area contributed by atoms with E-state index in [1.165, 1.54) is 0 Å². The lowest BCUT2D eigenvalue weighted by molar-refractivity contribution is -0.120. The van der Waals surface area contributed by atoms with Gasteiger partial charge in [-0.25, -0.2) is 4.98 Å². The second kappa shape index (κ2) is 9.12. The molecule has 0 spiro atoms. The Morgan fingerprint density at radius 2 is 1.85 bits per heavy atom. The number of carbonyl (C=O) groups excluding carboxylic acids is 1. The van der Waals surface area contributed by atoms with Gasteiger partial charge in [-0.05, 0) is 12.3 Å². The zero-order valence-corrected chi connectivity index (χ0v) is 12.6. The molecule has 0 saturated heterocycles. The van der Waals surface area contributed by atoms with E-state index in [4.69, 9.17) is 0 Å². The Morgan fingerprint density at radius 1 is 1.20 bits per heavy atom. The van der Waals surface area contributed by atoms with Crippen molar-refractivity contribution in [1.82, 2.24) is 15.3 Å². The molecular formula is C14H25N5O. The molecule has 0 unspecified atom stereocenters. The Morgan fingerprint density at radius 3 is 2.45 bits per heavy atom.